The van der Waals surface area contributed by atoms with E-state index in [-0.39, 0.29) is 0 Å². The summed E-state index contributed by atoms with van der Waals surface area (Å²) >= 11 is 0. The van der Waals surface area contributed by atoms with E-state index in [1.807, 2.05) is 0 Å². The molecular formula is C13H18N2O2. The number of nitrogens with zero attached hydrogens (tertiary/aromatic N) is 1. The van der Waals surface area contributed by atoms with Crippen LogP contribution in [0.2, 0.25) is 0 Å². The van der Waals surface area contributed by atoms with Gasteiger partial charge >= 0.3 is 5.97 Å². The van der Waals surface area contributed by atoms with Gasteiger partial charge in [-0.2, -0.15) is 0 Å². The van der Waals surface area contributed by atoms with E-state index in [1.54, 1.807) is 12.1 Å². The van der Waals surface area contributed by atoms with Crippen LogP contribution in [0.5, 0.6) is 0 Å². The molecule has 0 aliphatic heterocycles. The molecule has 2 N–H and O–H groups in total. The van der Waals surface area contributed by atoms with Gasteiger partial charge in [0.1, 0.15) is 5.82 Å². The normalized spacial score (nSPS) is 14.6. The minimum Gasteiger partial charge on any atom is -0.478 e. The van der Waals surface area contributed by atoms with Crippen LogP contribution in [0.3, 0.4) is 0 Å². The number of hydrogen-bond donors (Lipinski definition) is 2. The van der Waals surface area contributed by atoms with Crippen molar-refractivity contribution >= 4 is 11.8 Å². The van der Waals surface area contributed by atoms with E-state index in [0.29, 0.717) is 11.4 Å². The number of pyridine rings is 1. The molecule has 0 bridgehead atoms. The van der Waals surface area contributed by atoms with Gasteiger partial charge in [-0.05, 0) is 37.3 Å². The molecule has 92 valence electrons. The molecule has 1 heterocycles. The summed E-state index contributed by atoms with van der Waals surface area (Å²) in [7, 11) is 0. The summed E-state index contributed by atoms with van der Waals surface area (Å²) in [4.78, 5) is 15.4. The molecule has 0 saturated heterocycles. The lowest BCUT2D eigenvalue weighted by atomic mass is 10.1. The van der Waals surface area contributed by atoms with Crippen molar-refractivity contribution in [3.05, 3.63) is 23.4 Å². The molecule has 0 spiro atoms. The fraction of sp³-hybridized carbons (Fsp3) is 0.538. The number of aromatic nitrogens is 1. The van der Waals surface area contributed by atoms with Gasteiger partial charge in [0, 0.05) is 12.2 Å². The third kappa shape index (κ3) is 3.44. The van der Waals surface area contributed by atoms with Crippen molar-refractivity contribution in [2.75, 3.05) is 11.9 Å². The van der Waals surface area contributed by atoms with Gasteiger partial charge < -0.3 is 10.4 Å². The van der Waals surface area contributed by atoms with Gasteiger partial charge in [0.05, 0.1) is 5.56 Å². The summed E-state index contributed by atoms with van der Waals surface area (Å²) in [5.74, 6) is 0.555. The predicted octanol–water partition coefficient (Wildman–Crippen LogP) is 2.55. The molecular weight excluding hydrogens is 216 g/mol. The van der Waals surface area contributed by atoms with E-state index < -0.39 is 5.97 Å². The SMILES string of the molecule is CCCc1cc(C(=O)O)cc(NCC2CC2)n1. The fourth-order valence-electron chi connectivity index (χ4n) is 1.76. The Hall–Kier alpha value is -1.58. The van der Waals surface area contributed by atoms with Crippen molar-refractivity contribution in [3.63, 3.8) is 0 Å². The molecule has 4 heteroatoms. The Morgan fingerprint density at radius 3 is 2.88 bits per heavy atom. The molecule has 1 fully saturated rings. The summed E-state index contributed by atoms with van der Waals surface area (Å²) < 4.78 is 0. The summed E-state index contributed by atoms with van der Waals surface area (Å²) in [6, 6.07) is 3.28. The number of carboxylic acid groups (broad SMARTS) is 1. The van der Waals surface area contributed by atoms with Gasteiger partial charge in [-0.1, -0.05) is 13.3 Å². The third-order valence-corrected chi connectivity index (χ3v) is 2.90. The summed E-state index contributed by atoms with van der Waals surface area (Å²) in [5, 5.41) is 12.3. The van der Waals surface area contributed by atoms with Gasteiger partial charge in [0.25, 0.3) is 0 Å². The molecule has 0 atom stereocenters. The summed E-state index contributed by atoms with van der Waals surface area (Å²) in [6.07, 6.45) is 4.33. The standard InChI is InChI=1S/C13H18N2O2/c1-2-3-11-6-10(13(16)17)7-12(15-11)14-8-9-4-5-9/h6-7,9H,2-5,8H2,1H3,(H,14,15)(H,16,17). The predicted molar refractivity (Wildman–Crippen MR) is 66.4 cm³/mol. The second-order valence-electron chi connectivity index (χ2n) is 4.61. The van der Waals surface area contributed by atoms with Crippen LogP contribution in [0.25, 0.3) is 0 Å². The molecule has 1 saturated carbocycles. The molecule has 0 aromatic carbocycles. The molecule has 0 radical (unpaired) electrons. The highest BCUT2D eigenvalue weighted by atomic mass is 16.4. The van der Waals surface area contributed by atoms with Gasteiger partial charge in [-0.3, -0.25) is 0 Å². The van der Waals surface area contributed by atoms with Crippen molar-refractivity contribution in [1.29, 1.82) is 0 Å². The Morgan fingerprint density at radius 1 is 1.53 bits per heavy atom. The lowest BCUT2D eigenvalue weighted by Gasteiger charge is -2.08. The fourth-order valence-corrected chi connectivity index (χ4v) is 1.76. The Kier molecular flexibility index (Phi) is 3.61. The van der Waals surface area contributed by atoms with Crippen LogP contribution in [0.1, 0.15) is 42.2 Å². The first-order valence-corrected chi connectivity index (χ1v) is 6.17. The van der Waals surface area contributed by atoms with Crippen LogP contribution >= 0.6 is 0 Å². The van der Waals surface area contributed by atoms with Crippen LogP contribution in [-0.2, 0) is 6.42 Å². The summed E-state index contributed by atoms with van der Waals surface area (Å²) in [6.45, 7) is 2.97. The van der Waals surface area contributed by atoms with Crippen LogP contribution in [-0.4, -0.2) is 22.6 Å². The number of anilines is 1. The lowest BCUT2D eigenvalue weighted by molar-refractivity contribution is 0.0696. The molecule has 4 nitrogen and oxygen atoms in total. The first kappa shape index (κ1) is 11.9. The number of hydrogen-bond acceptors (Lipinski definition) is 3. The topological polar surface area (TPSA) is 62.2 Å². The maximum atomic E-state index is 11.0. The highest BCUT2D eigenvalue weighted by molar-refractivity contribution is 5.88. The molecule has 2 rings (SSSR count). The lowest BCUT2D eigenvalue weighted by Crippen LogP contribution is -2.08. The first-order chi connectivity index (χ1) is 8.19. The van der Waals surface area contributed by atoms with Crippen LogP contribution in [0.15, 0.2) is 12.1 Å². The van der Waals surface area contributed by atoms with Gasteiger partial charge in [0.2, 0.25) is 0 Å². The van der Waals surface area contributed by atoms with E-state index >= 15 is 0 Å². The second-order valence-corrected chi connectivity index (χ2v) is 4.61. The zero-order chi connectivity index (χ0) is 12.3. The molecule has 1 aromatic heterocycles. The van der Waals surface area contributed by atoms with Gasteiger partial charge in [0.15, 0.2) is 0 Å². The largest absolute Gasteiger partial charge is 0.478 e. The summed E-state index contributed by atoms with van der Waals surface area (Å²) in [5.41, 5.74) is 1.17. The van der Waals surface area contributed by atoms with Gasteiger partial charge in [-0.15, -0.1) is 0 Å². The highest BCUT2D eigenvalue weighted by Gasteiger charge is 2.21. The minimum atomic E-state index is -0.890. The number of carbonyl (C=O) groups is 1. The van der Waals surface area contributed by atoms with Crippen molar-refractivity contribution in [2.45, 2.75) is 32.6 Å². The van der Waals surface area contributed by atoms with E-state index in [2.05, 4.69) is 17.2 Å². The van der Waals surface area contributed by atoms with Crippen molar-refractivity contribution in [2.24, 2.45) is 5.92 Å². The van der Waals surface area contributed by atoms with E-state index in [1.165, 1.54) is 12.8 Å². The first-order valence-electron chi connectivity index (χ1n) is 6.17. The highest BCUT2D eigenvalue weighted by Crippen LogP contribution is 2.28. The number of aryl methyl sites for hydroxylation is 1. The molecule has 0 unspecified atom stereocenters. The zero-order valence-electron chi connectivity index (χ0n) is 10.1. The molecule has 0 amide bonds. The van der Waals surface area contributed by atoms with E-state index in [9.17, 15) is 4.79 Å². The molecule has 1 aromatic rings. The third-order valence-electron chi connectivity index (χ3n) is 2.90. The van der Waals surface area contributed by atoms with Crippen LogP contribution in [0, 0.1) is 5.92 Å². The van der Waals surface area contributed by atoms with E-state index in [0.717, 1.165) is 31.0 Å². The quantitative estimate of drug-likeness (QED) is 0.794. The Bertz CT molecular complexity index is 414. The van der Waals surface area contributed by atoms with E-state index in [4.69, 9.17) is 5.11 Å². The monoisotopic (exact) mass is 234 g/mol. The Labute approximate surface area is 101 Å². The Balaban J connectivity index is 2.13. The minimum absolute atomic E-state index is 0.321. The maximum absolute atomic E-state index is 11.0. The Morgan fingerprint density at radius 2 is 2.29 bits per heavy atom. The molecule has 17 heavy (non-hydrogen) atoms. The molecule has 1 aliphatic rings. The van der Waals surface area contributed by atoms with Crippen LogP contribution in [0.4, 0.5) is 5.82 Å². The van der Waals surface area contributed by atoms with Gasteiger partial charge in [-0.25, -0.2) is 9.78 Å². The average Bonchev–Trinajstić information content (AvgIpc) is 3.10. The smallest absolute Gasteiger partial charge is 0.335 e. The molecule has 1 aliphatic carbocycles. The maximum Gasteiger partial charge on any atom is 0.335 e. The second kappa shape index (κ2) is 5.17. The van der Waals surface area contributed by atoms with Crippen molar-refractivity contribution < 1.29 is 9.90 Å². The zero-order valence-corrected chi connectivity index (χ0v) is 10.1. The number of carboxylic acids is 1. The van der Waals surface area contributed by atoms with Crippen LogP contribution < -0.4 is 5.32 Å². The number of nitrogens with one attached hydrogen (secondary N) is 1. The van der Waals surface area contributed by atoms with Crippen molar-refractivity contribution in [1.82, 2.24) is 4.98 Å². The number of rotatable bonds is 6. The average molecular weight is 234 g/mol. The number of aromatic carboxylic acids is 1. The van der Waals surface area contributed by atoms with Crippen molar-refractivity contribution in [3.8, 4) is 0 Å².